The predicted molar refractivity (Wildman–Crippen MR) is 257 cm³/mol. The molecule has 6 aromatic rings. The van der Waals surface area contributed by atoms with Crippen molar-refractivity contribution in [3.05, 3.63) is 252 Å². The lowest BCUT2D eigenvalue weighted by molar-refractivity contribution is 0.737. The van der Waals surface area contributed by atoms with E-state index in [1.54, 1.807) is 0 Å². The van der Waals surface area contributed by atoms with Crippen molar-refractivity contribution in [3.63, 3.8) is 0 Å². The maximum Gasteiger partial charge on any atom is 0.0696 e. The summed E-state index contributed by atoms with van der Waals surface area (Å²) in [5, 5.41) is 0. The lowest BCUT2D eigenvalue weighted by Crippen LogP contribution is -2.28. The smallest absolute Gasteiger partial charge is 0.0696 e. The van der Waals surface area contributed by atoms with Gasteiger partial charge in [-0.1, -0.05) is 200 Å². The summed E-state index contributed by atoms with van der Waals surface area (Å²) in [6, 6.07) is 51.3. The first-order valence-corrected chi connectivity index (χ1v) is 20.4. The highest BCUT2D eigenvalue weighted by atomic mass is 15.2. The Labute approximate surface area is 353 Å². The number of fused-ring (bicyclic) bond motifs is 3. The molecule has 2 aliphatic heterocycles. The van der Waals surface area contributed by atoms with E-state index in [9.17, 15) is 0 Å². The Kier molecular flexibility index (Phi) is 13.9. The van der Waals surface area contributed by atoms with Crippen LogP contribution in [0.2, 0.25) is 0 Å². The number of aryl methyl sites for hydroxylation is 3. The Morgan fingerprint density at radius 3 is 1.76 bits per heavy atom. The second-order valence-corrected chi connectivity index (χ2v) is 15.5. The van der Waals surface area contributed by atoms with E-state index >= 15 is 0 Å². The molecule has 8 rings (SSSR count). The summed E-state index contributed by atoms with van der Waals surface area (Å²) < 4.78 is 0. The Morgan fingerprint density at radius 2 is 1.19 bits per heavy atom. The second-order valence-electron chi connectivity index (χ2n) is 15.5. The minimum atomic E-state index is -0.197. The number of anilines is 2. The first-order chi connectivity index (χ1) is 28.6. The van der Waals surface area contributed by atoms with Gasteiger partial charge >= 0.3 is 0 Å². The molecule has 0 bridgehead atoms. The zero-order chi connectivity index (χ0) is 41.8. The molecule has 2 heterocycles. The highest BCUT2D eigenvalue weighted by molar-refractivity contribution is 6.14. The SMILES string of the molecule is C=C/C=C(\C=C/C)c1ccc(C)cc1.C=C/C=C\C=C1/Cc2ccc3c(c2N1c1ccc(C)cc1)C(C)(C)C(c1ccccc1)=N3.Cc1ccc(-c2ccccc2)cc1. The molecule has 0 amide bonds. The standard InChI is InChI=1S/C30H28N2.C14H16.C13H12/c1-5-6-8-13-25-20-23-16-19-26-27(28(23)32(25)24-17-14-21(2)15-18-24)30(3,4)29(31-26)22-11-9-7-10-12-22;1-4-6-13(7-5-2)14-10-8-12(3)9-11-14;1-11-7-9-13(10-8-11)12-5-3-2-4-6-12/h5-19H,1,20H2,2-4H3;4-11H,1H2,2-3H3;2-10H,1H3/b8-6-,25-13+;7-5-,13-6+;. The summed E-state index contributed by atoms with van der Waals surface area (Å²) in [6.07, 6.45) is 16.9. The summed E-state index contributed by atoms with van der Waals surface area (Å²) in [7, 11) is 0. The van der Waals surface area contributed by atoms with Crippen LogP contribution in [0.5, 0.6) is 0 Å². The number of benzene rings is 6. The van der Waals surface area contributed by atoms with Crippen LogP contribution in [0.4, 0.5) is 17.1 Å². The van der Waals surface area contributed by atoms with Gasteiger partial charge < -0.3 is 4.90 Å². The van der Waals surface area contributed by atoms with Crippen LogP contribution in [0.1, 0.15) is 59.7 Å². The van der Waals surface area contributed by atoms with Gasteiger partial charge in [-0.05, 0) is 99.2 Å². The van der Waals surface area contributed by atoms with Gasteiger partial charge in [0.2, 0.25) is 0 Å². The summed E-state index contributed by atoms with van der Waals surface area (Å²) in [4.78, 5) is 7.56. The van der Waals surface area contributed by atoms with Gasteiger partial charge in [-0.15, -0.1) is 0 Å². The molecule has 0 radical (unpaired) electrons. The summed E-state index contributed by atoms with van der Waals surface area (Å²) in [6.45, 7) is 20.5. The Balaban J connectivity index is 0.000000178. The van der Waals surface area contributed by atoms with Crippen molar-refractivity contribution >= 4 is 28.3 Å². The molecule has 0 saturated carbocycles. The van der Waals surface area contributed by atoms with Gasteiger partial charge in [0.1, 0.15) is 0 Å². The van der Waals surface area contributed by atoms with Crippen LogP contribution >= 0.6 is 0 Å². The zero-order valence-electron chi connectivity index (χ0n) is 35.5. The van der Waals surface area contributed by atoms with Crippen molar-refractivity contribution in [1.82, 2.24) is 0 Å². The van der Waals surface area contributed by atoms with E-state index in [2.05, 4.69) is 210 Å². The van der Waals surface area contributed by atoms with Gasteiger partial charge in [0.15, 0.2) is 0 Å². The molecule has 0 unspecified atom stereocenters. The second kappa shape index (κ2) is 19.6. The monoisotopic (exact) mass is 768 g/mol. The fourth-order valence-corrected chi connectivity index (χ4v) is 7.59. The molecule has 0 atom stereocenters. The fourth-order valence-electron chi connectivity index (χ4n) is 7.59. The van der Waals surface area contributed by atoms with E-state index < -0.39 is 0 Å². The highest BCUT2D eigenvalue weighted by Crippen LogP contribution is 2.53. The van der Waals surface area contributed by atoms with Crippen LogP contribution in [0, 0.1) is 20.8 Å². The van der Waals surface area contributed by atoms with Crippen LogP contribution < -0.4 is 4.90 Å². The summed E-state index contributed by atoms with van der Waals surface area (Å²) in [5.74, 6) is 0. The van der Waals surface area contributed by atoms with Gasteiger partial charge in [0.05, 0.1) is 17.1 Å². The largest absolute Gasteiger partial charge is 0.313 e. The van der Waals surface area contributed by atoms with E-state index in [1.165, 1.54) is 72.7 Å². The van der Waals surface area contributed by atoms with Crippen molar-refractivity contribution < 1.29 is 0 Å². The molecule has 6 aromatic carbocycles. The highest BCUT2D eigenvalue weighted by Gasteiger charge is 2.42. The van der Waals surface area contributed by atoms with Crippen LogP contribution in [0.3, 0.4) is 0 Å². The molecule has 0 aromatic heterocycles. The van der Waals surface area contributed by atoms with Gasteiger partial charge in [0.25, 0.3) is 0 Å². The molecular weight excluding hydrogens is 713 g/mol. The molecule has 59 heavy (non-hydrogen) atoms. The molecule has 0 spiro atoms. The molecule has 294 valence electrons. The van der Waals surface area contributed by atoms with Gasteiger partial charge in [-0.3, -0.25) is 4.99 Å². The van der Waals surface area contributed by atoms with E-state index in [1.807, 2.05) is 43.4 Å². The zero-order valence-corrected chi connectivity index (χ0v) is 35.5. The normalized spacial score (nSPS) is 14.5. The van der Waals surface area contributed by atoms with E-state index in [0.717, 1.165) is 17.8 Å². The van der Waals surface area contributed by atoms with Gasteiger partial charge in [0, 0.05) is 28.8 Å². The quantitative estimate of drug-likeness (QED) is 0.141. The lowest BCUT2D eigenvalue weighted by atomic mass is 9.77. The number of aliphatic imine (C=N–C) groups is 1. The third-order valence-electron chi connectivity index (χ3n) is 10.6. The number of rotatable bonds is 8. The lowest BCUT2D eigenvalue weighted by Gasteiger charge is -2.30. The van der Waals surface area contributed by atoms with Crippen molar-refractivity contribution in [2.45, 2.75) is 53.4 Å². The average Bonchev–Trinajstić information content (AvgIpc) is 3.76. The third-order valence-corrected chi connectivity index (χ3v) is 10.6. The fraction of sp³-hybridized carbons (Fsp3) is 0.140. The van der Waals surface area contributed by atoms with Crippen molar-refractivity contribution in [2.24, 2.45) is 4.99 Å². The van der Waals surface area contributed by atoms with Crippen LogP contribution in [-0.2, 0) is 11.8 Å². The third kappa shape index (κ3) is 10.0. The maximum atomic E-state index is 5.14. The molecule has 2 heteroatoms. The van der Waals surface area contributed by atoms with Gasteiger partial charge in [-0.25, -0.2) is 0 Å². The number of nitrogens with zero attached hydrogens (tertiary/aromatic N) is 2. The van der Waals surface area contributed by atoms with Crippen molar-refractivity contribution in [3.8, 4) is 11.1 Å². The molecule has 2 nitrogen and oxygen atoms in total. The topological polar surface area (TPSA) is 15.6 Å². The molecular formula is C57H56N2. The number of allylic oxidation sites excluding steroid dienone is 10. The number of hydrogen-bond donors (Lipinski definition) is 0. The van der Waals surface area contributed by atoms with Crippen LogP contribution in [-0.4, -0.2) is 5.71 Å². The van der Waals surface area contributed by atoms with E-state index in [-0.39, 0.29) is 5.41 Å². The summed E-state index contributed by atoms with van der Waals surface area (Å²) >= 11 is 0. The van der Waals surface area contributed by atoms with Crippen molar-refractivity contribution in [2.75, 3.05) is 4.90 Å². The Bertz CT molecular complexity index is 2510. The molecule has 0 fully saturated rings. The predicted octanol–water partition coefficient (Wildman–Crippen LogP) is 15.5. The molecule has 0 saturated heterocycles. The molecule has 2 aliphatic rings. The summed E-state index contributed by atoms with van der Waals surface area (Å²) in [5.41, 5.74) is 18.4. The van der Waals surface area contributed by atoms with Crippen molar-refractivity contribution in [1.29, 1.82) is 0 Å². The first-order valence-electron chi connectivity index (χ1n) is 20.4. The molecule has 0 N–H and O–H groups in total. The minimum absolute atomic E-state index is 0.197. The average molecular weight is 769 g/mol. The first kappa shape index (κ1) is 41.9. The van der Waals surface area contributed by atoms with E-state index in [4.69, 9.17) is 4.99 Å². The minimum Gasteiger partial charge on any atom is -0.313 e. The van der Waals surface area contributed by atoms with E-state index in [0.29, 0.717) is 0 Å². The van der Waals surface area contributed by atoms with Gasteiger partial charge in [-0.2, -0.15) is 0 Å². The molecule has 0 aliphatic carbocycles. The van der Waals surface area contributed by atoms with Crippen LogP contribution in [0.15, 0.2) is 218 Å². The Morgan fingerprint density at radius 1 is 0.627 bits per heavy atom. The number of hydrogen-bond acceptors (Lipinski definition) is 2. The maximum absolute atomic E-state index is 5.14. The Hall–Kier alpha value is -6.77. The van der Waals surface area contributed by atoms with Crippen LogP contribution in [0.25, 0.3) is 16.7 Å².